The first-order chi connectivity index (χ1) is 7.27. The van der Waals surface area contributed by atoms with Gasteiger partial charge in [-0.1, -0.05) is 6.92 Å². The molecule has 0 aliphatic rings. The molecule has 0 atom stereocenters. The van der Waals surface area contributed by atoms with Gasteiger partial charge in [0.2, 0.25) is 0 Å². The fraction of sp³-hybridized carbons (Fsp3) is 0.417. The molecule has 0 fully saturated rings. The summed E-state index contributed by atoms with van der Waals surface area (Å²) >= 11 is 0. The van der Waals surface area contributed by atoms with E-state index in [2.05, 4.69) is 5.32 Å². The van der Waals surface area contributed by atoms with Crippen molar-refractivity contribution < 1.29 is 9.13 Å². The summed E-state index contributed by atoms with van der Waals surface area (Å²) in [5.74, 6) is 0.530. The van der Waals surface area contributed by atoms with Gasteiger partial charge in [-0.3, -0.25) is 0 Å². The standard InChI is InChI=1S/C12H17FNO/c1-3-4-7-15-12-6-5-11(13)8-10(12)9-14-2/h3,5-6,8,14H,4,7,9H2,1-2H3. The smallest absolute Gasteiger partial charge is 0.123 e. The Morgan fingerprint density at radius 3 is 2.93 bits per heavy atom. The molecule has 2 nitrogen and oxygen atoms in total. The monoisotopic (exact) mass is 210 g/mol. The van der Waals surface area contributed by atoms with Crippen molar-refractivity contribution in [2.24, 2.45) is 0 Å². The van der Waals surface area contributed by atoms with Gasteiger partial charge in [-0.25, -0.2) is 4.39 Å². The van der Waals surface area contributed by atoms with Gasteiger partial charge in [0.05, 0.1) is 6.61 Å². The van der Waals surface area contributed by atoms with Crippen molar-refractivity contribution >= 4 is 0 Å². The van der Waals surface area contributed by atoms with Crippen molar-refractivity contribution in [3.05, 3.63) is 36.0 Å². The molecule has 0 saturated carbocycles. The van der Waals surface area contributed by atoms with Crippen molar-refractivity contribution in [3.8, 4) is 5.75 Å². The fourth-order valence-electron chi connectivity index (χ4n) is 1.30. The maximum atomic E-state index is 13.0. The van der Waals surface area contributed by atoms with Gasteiger partial charge >= 0.3 is 0 Å². The molecule has 0 spiro atoms. The van der Waals surface area contributed by atoms with Crippen molar-refractivity contribution in [3.63, 3.8) is 0 Å². The number of benzene rings is 1. The average Bonchev–Trinajstić information content (AvgIpc) is 2.22. The van der Waals surface area contributed by atoms with Crippen LogP contribution >= 0.6 is 0 Å². The first-order valence-corrected chi connectivity index (χ1v) is 5.11. The quantitative estimate of drug-likeness (QED) is 0.728. The Balaban J connectivity index is 2.67. The molecule has 0 aliphatic carbocycles. The predicted molar refractivity (Wildman–Crippen MR) is 59.2 cm³/mol. The average molecular weight is 210 g/mol. The zero-order valence-electron chi connectivity index (χ0n) is 9.22. The van der Waals surface area contributed by atoms with Crippen molar-refractivity contribution in [1.29, 1.82) is 0 Å². The van der Waals surface area contributed by atoms with E-state index in [1.165, 1.54) is 12.1 Å². The van der Waals surface area contributed by atoms with E-state index in [4.69, 9.17) is 4.74 Å². The molecule has 0 amide bonds. The third-order valence-electron chi connectivity index (χ3n) is 2.05. The van der Waals surface area contributed by atoms with Crippen LogP contribution in [0, 0.1) is 12.2 Å². The lowest BCUT2D eigenvalue weighted by Crippen LogP contribution is -2.08. The molecule has 0 aromatic heterocycles. The third kappa shape index (κ3) is 3.88. The Hall–Kier alpha value is -1.09. The van der Waals surface area contributed by atoms with Crippen LogP contribution in [0.4, 0.5) is 4.39 Å². The van der Waals surface area contributed by atoms with Gasteiger partial charge in [0.15, 0.2) is 0 Å². The fourth-order valence-corrected chi connectivity index (χ4v) is 1.30. The van der Waals surface area contributed by atoms with Gasteiger partial charge < -0.3 is 10.1 Å². The summed E-state index contributed by atoms with van der Waals surface area (Å²) in [4.78, 5) is 0. The lowest BCUT2D eigenvalue weighted by Gasteiger charge is -2.10. The molecule has 0 bridgehead atoms. The van der Waals surface area contributed by atoms with Gasteiger partial charge in [0.25, 0.3) is 0 Å². The van der Waals surface area contributed by atoms with Gasteiger partial charge in [-0.2, -0.15) is 0 Å². The molecule has 1 aromatic carbocycles. The molecule has 1 aromatic rings. The molecule has 1 N–H and O–H groups in total. The van der Waals surface area contributed by atoms with E-state index in [0.717, 1.165) is 17.7 Å². The van der Waals surface area contributed by atoms with Gasteiger partial charge in [-0.15, -0.1) is 0 Å². The lowest BCUT2D eigenvalue weighted by molar-refractivity contribution is 0.316. The Kier molecular flexibility index (Phi) is 5.12. The van der Waals surface area contributed by atoms with Crippen LogP contribution in [-0.4, -0.2) is 13.7 Å². The number of hydrogen-bond donors (Lipinski definition) is 1. The SMILES string of the molecule is C[CH]CCOc1ccc(F)cc1CNC. The second-order valence-electron chi connectivity index (χ2n) is 3.33. The highest BCUT2D eigenvalue weighted by Crippen LogP contribution is 2.19. The van der Waals surface area contributed by atoms with E-state index in [1.54, 1.807) is 6.07 Å². The summed E-state index contributed by atoms with van der Waals surface area (Å²) < 4.78 is 18.5. The van der Waals surface area contributed by atoms with Crippen LogP contribution < -0.4 is 10.1 Å². The Labute approximate surface area is 90.4 Å². The minimum Gasteiger partial charge on any atom is -0.493 e. The van der Waals surface area contributed by atoms with Crippen molar-refractivity contribution in [2.45, 2.75) is 19.9 Å². The molecular formula is C12H17FNO. The molecule has 1 radical (unpaired) electrons. The normalized spacial score (nSPS) is 10.3. The van der Waals surface area contributed by atoms with Crippen LogP contribution in [0.1, 0.15) is 18.9 Å². The van der Waals surface area contributed by atoms with E-state index in [1.807, 2.05) is 20.4 Å². The van der Waals surface area contributed by atoms with E-state index in [9.17, 15) is 4.39 Å². The highest BCUT2D eigenvalue weighted by molar-refractivity contribution is 5.33. The predicted octanol–water partition coefficient (Wildman–Crippen LogP) is 2.54. The number of nitrogens with one attached hydrogen (secondary N) is 1. The van der Waals surface area contributed by atoms with Crippen LogP contribution in [0.3, 0.4) is 0 Å². The largest absolute Gasteiger partial charge is 0.493 e. The molecule has 0 unspecified atom stereocenters. The number of halogens is 1. The van der Waals surface area contributed by atoms with Gasteiger partial charge in [0.1, 0.15) is 11.6 Å². The highest BCUT2D eigenvalue weighted by Gasteiger charge is 2.04. The summed E-state index contributed by atoms with van der Waals surface area (Å²) in [5.41, 5.74) is 0.855. The van der Waals surface area contributed by atoms with Crippen LogP contribution in [0.5, 0.6) is 5.75 Å². The molecule has 1 rings (SSSR count). The molecule has 0 heterocycles. The van der Waals surface area contributed by atoms with Crippen LogP contribution in [0.25, 0.3) is 0 Å². The van der Waals surface area contributed by atoms with E-state index in [-0.39, 0.29) is 5.82 Å². The Bertz CT molecular complexity index is 302. The molecular weight excluding hydrogens is 193 g/mol. The van der Waals surface area contributed by atoms with Gasteiger partial charge in [0, 0.05) is 12.1 Å². The maximum Gasteiger partial charge on any atom is 0.123 e. The summed E-state index contributed by atoms with van der Waals surface area (Å²) in [5, 5.41) is 2.99. The second kappa shape index (κ2) is 6.40. The van der Waals surface area contributed by atoms with Crippen molar-refractivity contribution in [2.75, 3.05) is 13.7 Å². The number of ether oxygens (including phenoxy) is 1. The summed E-state index contributed by atoms with van der Waals surface area (Å²) in [6.07, 6.45) is 2.94. The molecule has 0 saturated heterocycles. The van der Waals surface area contributed by atoms with Gasteiger partial charge in [-0.05, 0) is 38.1 Å². The lowest BCUT2D eigenvalue weighted by atomic mass is 10.2. The van der Waals surface area contributed by atoms with Crippen LogP contribution in [0.2, 0.25) is 0 Å². The number of rotatable bonds is 6. The highest BCUT2D eigenvalue weighted by atomic mass is 19.1. The minimum absolute atomic E-state index is 0.227. The Morgan fingerprint density at radius 2 is 2.27 bits per heavy atom. The van der Waals surface area contributed by atoms with E-state index < -0.39 is 0 Å². The molecule has 0 aliphatic heterocycles. The topological polar surface area (TPSA) is 21.3 Å². The molecule has 15 heavy (non-hydrogen) atoms. The third-order valence-corrected chi connectivity index (χ3v) is 2.05. The summed E-state index contributed by atoms with van der Waals surface area (Å²) in [7, 11) is 1.83. The van der Waals surface area contributed by atoms with Crippen molar-refractivity contribution in [1.82, 2.24) is 5.32 Å². The first-order valence-electron chi connectivity index (χ1n) is 5.11. The van der Waals surface area contributed by atoms with Crippen LogP contribution in [0.15, 0.2) is 18.2 Å². The Morgan fingerprint density at radius 1 is 1.47 bits per heavy atom. The van der Waals surface area contributed by atoms with E-state index >= 15 is 0 Å². The molecule has 83 valence electrons. The number of hydrogen-bond acceptors (Lipinski definition) is 2. The summed E-state index contributed by atoms with van der Waals surface area (Å²) in [6, 6.07) is 4.60. The number of unbranched alkanes of at least 4 members (excludes halogenated alkanes) is 1. The molecule has 3 heteroatoms. The minimum atomic E-state index is -0.227. The zero-order chi connectivity index (χ0) is 11.1. The second-order valence-corrected chi connectivity index (χ2v) is 3.33. The summed E-state index contributed by atoms with van der Waals surface area (Å²) in [6.45, 7) is 3.24. The zero-order valence-corrected chi connectivity index (χ0v) is 9.22. The maximum absolute atomic E-state index is 13.0. The van der Waals surface area contributed by atoms with Crippen LogP contribution in [-0.2, 0) is 6.54 Å². The van der Waals surface area contributed by atoms with E-state index in [0.29, 0.717) is 13.2 Å². The first kappa shape index (κ1) is 12.0.